The molecule has 2 N–H and O–H groups in total. The second-order valence-corrected chi connectivity index (χ2v) is 7.21. The van der Waals surface area contributed by atoms with E-state index < -0.39 is 0 Å². The molecule has 0 radical (unpaired) electrons. The molecule has 0 amide bonds. The lowest BCUT2D eigenvalue weighted by atomic mass is 9.97. The average molecular weight is 324 g/mol. The van der Waals surface area contributed by atoms with Gasteiger partial charge in [-0.3, -0.25) is 0 Å². The molecule has 1 unspecified atom stereocenters. The number of benzene rings is 1. The second-order valence-electron chi connectivity index (χ2n) is 6.69. The summed E-state index contributed by atoms with van der Waals surface area (Å²) in [5.41, 5.74) is 6.82. The molecule has 0 aliphatic rings. The molecule has 0 heterocycles. The van der Waals surface area contributed by atoms with Gasteiger partial charge in [-0.15, -0.1) is 0 Å². The van der Waals surface area contributed by atoms with Crippen molar-refractivity contribution in [3.05, 3.63) is 23.8 Å². The van der Waals surface area contributed by atoms with Gasteiger partial charge in [-0.2, -0.15) is 0 Å². The minimum absolute atomic E-state index is 0.276. The average Bonchev–Trinajstić information content (AvgIpc) is 2.42. The Hall–Kier alpha value is -1.29. The Labute approximate surface area is 140 Å². The lowest BCUT2D eigenvalue weighted by Crippen LogP contribution is -2.12. The summed E-state index contributed by atoms with van der Waals surface area (Å²) in [5, 5.41) is 0. The quantitative estimate of drug-likeness (QED) is 0.678. The molecular formula is C18H29NO2S. The van der Waals surface area contributed by atoms with Crippen LogP contribution in [0.2, 0.25) is 0 Å². The largest absolute Gasteiger partial charge is 0.489 e. The summed E-state index contributed by atoms with van der Waals surface area (Å²) in [6, 6.07) is 6.12. The molecule has 0 saturated carbocycles. The molecule has 0 fully saturated rings. The van der Waals surface area contributed by atoms with Crippen molar-refractivity contribution in [3.8, 4) is 11.5 Å². The molecule has 0 aliphatic carbocycles. The Kier molecular flexibility index (Phi) is 7.66. The van der Waals surface area contributed by atoms with Gasteiger partial charge in [0.05, 0.1) is 18.2 Å². The van der Waals surface area contributed by atoms with Crippen LogP contribution < -0.4 is 15.2 Å². The topological polar surface area (TPSA) is 44.5 Å². The van der Waals surface area contributed by atoms with Gasteiger partial charge in [0.2, 0.25) is 0 Å². The lowest BCUT2D eigenvalue weighted by Gasteiger charge is -2.18. The first-order chi connectivity index (χ1) is 10.3. The molecule has 1 rings (SSSR count). The first-order valence-electron chi connectivity index (χ1n) is 7.97. The molecule has 1 aromatic rings. The Bertz CT molecular complexity index is 486. The van der Waals surface area contributed by atoms with Crippen molar-refractivity contribution in [2.24, 2.45) is 17.6 Å². The van der Waals surface area contributed by atoms with Crippen molar-refractivity contribution >= 4 is 17.2 Å². The zero-order chi connectivity index (χ0) is 16.7. The molecule has 124 valence electrons. The third-order valence-electron chi connectivity index (χ3n) is 3.19. The van der Waals surface area contributed by atoms with E-state index in [-0.39, 0.29) is 5.92 Å². The Morgan fingerprint density at radius 3 is 2.05 bits per heavy atom. The maximum atomic E-state index is 5.94. The van der Waals surface area contributed by atoms with Gasteiger partial charge in [-0.1, -0.05) is 52.9 Å². The molecule has 4 heteroatoms. The van der Waals surface area contributed by atoms with Gasteiger partial charge in [-0.25, -0.2) is 0 Å². The van der Waals surface area contributed by atoms with Gasteiger partial charge in [0.25, 0.3) is 0 Å². The SMILES string of the molecule is CC(C)COc1ccc(C(C)CC(N)=S)cc1OCC(C)C. The summed E-state index contributed by atoms with van der Waals surface area (Å²) in [6.45, 7) is 12.0. The first-order valence-corrected chi connectivity index (χ1v) is 8.38. The predicted molar refractivity (Wildman–Crippen MR) is 96.9 cm³/mol. The third kappa shape index (κ3) is 6.65. The number of nitrogens with two attached hydrogens (primary N) is 1. The van der Waals surface area contributed by atoms with Crippen LogP contribution in [0.1, 0.15) is 52.5 Å². The van der Waals surface area contributed by atoms with Crippen LogP contribution in [0.4, 0.5) is 0 Å². The highest BCUT2D eigenvalue weighted by molar-refractivity contribution is 7.80. The van der Waals surface area contributed by atoms with E-state index in [0.717, 1.165) is 11.5 Å². The molecule has 1 atom stereocenters. The third-order valence-corrected chi connectivity index (χ3v) is 3.36. The molecule has 0 bridgehead atoms. The van der Waals surface area contributed by atoms with Crippen LogP contribution in [-0.2, 0) is 0 Å². The van der Waals surface area contributed by atoms with Crippen molar-refractivity contribution < 1.29 is 9.47 Å². The highest BCUT2D eigenvalue weighted by Gasteiger charge is 2.13. The molecule has 3 nitrogen and oxygen atoms in total. The smallest absolute Gasteiger partial charge is 0.161 e. The number of thiocarbonyl (C=S) groups is 1. The minimum atomic E-state index is 0.276. The van der Waals surface area contributed by atoms with E-state index in [1.807, 2.05) is 6.07 Å². The molecule has 0 aliphatic heterocycles. The van der Waals surface area contributed by atoms with Gasteiger partial charge in [0.1, 0.15) is 0 Å². The van der Waals surface area contributed by atoms with E-state index in [4.69, 9.17) is 27.4 Å². The fourth-order valence-corrected chi connectivity index (χ4v) is 2.25. The summed E-state index contributed by atoms with van der Waals surface area (Å²) in [6.07, 6.45) is 0.700. The summed E-state index contributed by atoms with van der Waals surface area (Å²) in [7, 11) is 0. The van der Waals surface area contributed by atoms with E-state index in [1.165, 1.54) is 5.56 Å². The van der Waals surface area contributed by atoms with Crippen LogP contribution in [0.3, 0.4) is 0 Å². The Balaban J connectivity index is 2.94. The highest BCUT2D eigenvalue weighted by atomic mass is 32.1. The fraction of sp³-hybridized carbons (Fsp3) is 0.611. The molecular weight excluding hydrogens is 294 g/mol. The Morgan fingerprint density at radius 2 is 1.55 bits per heavy atom. The van der Waals surface area contributed by atoms with Crippen molar-refractivity contribution in [3.63, 3.8) is 0 Å². The van der Waals surface area contributed by atoms with Crippen molar-refractivity contribution in [2.75, 3.05) is 13.2 Å². The standard InChI is InChI=1S/C18H29NO2S/c1-12(2)10-20-16-7-6-15(14(5)8-18(19)22)9-17(16)21-11-13(3)4/h6-7,9,12-14H,8,10-11H2,1-5H3,(H2,19,22). The first kappa shape index (κ1) is 18.8. The van der Waals surface area contributed by atoms with Crippen LogP contribution in [0.5, 0.6) is 11.5 Å². The van der Waals surface area contributed by atoms with Crippen molar-refractivity contribution in [1.29, 1.82) is 0 Å². The van der Waals surface area contributed by atoms with Gasteiger partial charge in [0, 0.05) is 6.42 Å². The fourth-order valence-electron chi connectivity index (χ4n) is 2.00. The zero-order valence-electron chi connectivity index (χ0n) is 14.4. The van der Waals surface area contributed by atoms with E-state index in [2.05, 4.69) is 46.8 Å². The maximum Gasteiger partial charge on any atom is 0.161 e. The van der Waals surface area contributed by atoms with Crippen LogP contribution in [0, 0.1) is 11.8 Å². The highest BCUT2D eigenvalue weighted by Crippen LogP contribution is 2.32. The zero-order valence-corrected chi connectivity index (χ0v) is 15.2. The van der Waals surface area contributed by atoms with Crippen molar-refractivity contribution in [1.82, 2.24) is 0 Å². The maximum absolute atomic E-state index is 5.94. The molecule has 22 heavy (non-hydrogen) atoms. The molecule has 0 spiro atoms. The van der Waals surface area contributed by atoms with Gasteiger partial charge >= 0.3 is 0 Å². The van der Waals surface area contributed by atoms with E-state index in [9.17, 15) is 0 Å². The molecule has 0 aromatic heterocycles. The number of rotatable bonds is 9. The minimum Gasteiger partial charge on any atom is -0.489 e. The summed E-state index contributed by atoms with van der Waals surface area (Å²) in [4.78, 5) is 0.539. The summed E-state index contributed by atoms with van der Waals surface area (Å²) >= 11 is 5.01. The molecule has 0 saturated heterocycles. The van der Waals surface area contributed by atoms with E-state index in [1.54, 1.807) is 0 Å². The van der Waals surface area contributed by atoms with Crippen LogP contribution in [0.15, 0.2) is 18.2 Å². The normalized spacial score (nSPS) is 12.5. The number of ether oxygens (including phenoxy) is 2. The van der Waals surface area contributed by atoms with Gasteiger partial charge in [0.15, 0.2) is 11.5 Å². The Morgan fingerprint density at radius 1 is 1.00 bits per heavy atom. The number of hydrogen-bond acceptors (Lipinski definition) is 3. The van der Waals surface area contributed by atoms with Gasteiger partial charge < -0.3 is 15.2 Å². The lowest BCUT2D eigenvalue weighted by molar-refractivity contribution is 0.229. The van der Waals surface area contributed by atoms with Crippen molar-refractivity contribution in [2.45, 2.75) is 47.0 Å². The number of hydrogen-bond donors (Lipinski definition) is 1. The monoisotopic (exact) mass is 323 g/mol. The van der Waals surface area contributed by atoms with Crippen LogP contribution in [0.25, 0.3) is 0 Å². The molecule has 1 aromatic carbocycles. The predicted octanol–water partition coefficient (Wildman–Crippen LogP) is 4.54. The van der Waals surface area contributed by atoms with Crippen LogP contribution >= 0.6 is 12.2 Å². The summed E-state index contributed by atoms with van der Waals surface area (Å²) in [5.74, 6) is 2.84. The van der Waals surface area contributed by atoms with E-state index >= 15 is 0 Å². The second kappa shape index (κ2) is 8.99. The van der Waals surface area contributed by atoms with Gasteiger partial charge in [-0.05, 0) is 35.4 Å². The van der Waals surface area contributed by atoms with E-state index in [0.29, 0.717) is 36.5 Å². The van der Waals surface area contributed by atoms with Crippen LogP contribution in [-0.4, -0.2) is 18.2 Å². The summed E-state index contributed by atoms with van der Waals surface area (Å²) < 4.78 is 11.8.